The Morgan fingerprint density at radius 3 is 2.73 bits per heavy atom. The van der Waals surface area contributed by atoms with E-state index >= 15 is 0 Å². The summed E-state index contributed by atoms with van der Waals surface area (Å²) in [6, 6.07) is 15.2. The number of rotatable bonds is 8. The van der Waals surface area contributed by atoms with Crippen LogP contribution >= 0.6 is 11.8 Å². The maximum Gasteiger partial charge on any atom is 0.237 e. The molecule has 154 valence electrons. The van der Waals surface area contributed by atoms with Crippen LogP contribution < -0.4 is 9.64 Å². The number of hydrogen-bond acceptors (Lipinski definition) is 6. The lowest BCUT2D eigenvalue weighted by atomic mass is 10.2. The second-order valence-corrected chi connectivity index (χ2v) is 7.26. The third-order valence-electron chi connectivity index (χ3n) is 4.37. The Labute approximate surface area is 178 Å². The molecule has 1 aromatic heterocycles. The lowest BCUT2D eigenvalue weighted by Crippen LogP contribution is -2.33. The number of ether oxygens (including phenoxy) is 1. The Balaban J connectivity index is 1.73. The van der Waals surface area contributed by atoms with Crippen molar-refractivity contribution in [3.05, 3.63) is 54.3 Å². The van der Waals surface area contributed by atoms with Crippen LogP contribution in [0.4, 0.5) is 10.1 Å². The highest BCUT2D eigenvalue weighted by Crippen LogP contribution is 2.26. The van der Waals surface area contributed by atoms with Gasteiger partial charge in [0.05, 0.1) is 25.4 Å². The van der Waals surface area contributed by atoms with E-state index in [9.17, 15) is 9.18 Å². The van der Waals surface area contributed by atoms with Gasteiger partial charge in [0, 0.05) is 24.8 Å². The highest BCUT2D eigenvalue weighted by Gasteiger charge is 2.18. The molecule has 9 heteroatoms. The van der Waals surface area contributed by atoms with E-state index in [4.69, 9.17) is 10.00 Å². The van der Waals surface area contributed by atoms with Gasteiger partial charge in [0.15, 0.2) is 11.0 Å². The first-order valence-corrected chi connectivity index (χ1v) is 10.1. The number of methoxy groups -OCH3 is 1. The summed E-state index contributed by atoms with van der Waals surface area (Å²) in [5, 5.41) is 17.9. The van der Waals surface area contributed by atoms with Crippen molar-refractivity contribution in [1.82, 2.24) is 14.8 Å². The van der Waals surface area contributed by atoms with Gasteiger partial charge in [0.2, 0.25) is 5.91 Å². The van der Waals surface area contributed by atoms with Crippen LogP contribution in [0, 0.1) is 17.1 Å². The van der Waals surface area contributed by atoms with Crippen molar-refractivity contribution in [2.75, 3.05) is 24.3 Å². The van der Waals surface area contributed by atoms with E-state index in [1.807, 2.05) is 41.9 Å². The van der Waals surface area contributed by atoms with Crippen molar-refractivity contribution in [2.24, 2.45) is 7.05 Å². The van der Waals surface area contributed by atoms with Crippen LogP contribution in [0.5, 0.6) is 5.75 Å². The van der Waals surface area contributed by atoms with Crippen LogP contribution in [0.1, 0.15) is 6.42 Å². The Bertz CT molecular complexity index is 1060. The van der Waals surface area contributed by atoms with Gasteiger partial charge < -0.3 is 14.2 Å². The smallest absolute Gasteiger partial charge is 0.237 e. The van der Waals surface area contributed by atoms with E-state index in [2.05, 4.69) is 10.2 Å². The Morgan fingerprint density at radius 1 is 1.27 bits per heavy atom. The van der Waals surface area contributed by atoms with E-state index in [-0.39, 0.29) is 30.4 Å². The molecule has 0 aliphatic carbocycles. The number of benzene rings is 2. The van der Waals surface area contributed by atoms with Crippen LogP contribution in [0.25, 0.3) is 11.4 Å². The third-order valence-corrected chi connectivity index (χ3v) is 5.38. The molecule has 0 aliphatic rings. The Hall–Kier alpha value is -3.38. The molecule has 30 heavy (non-hydrogen) atoms. The first-order valence-electron chi connectivity index (χ1n) is 9.13. The van der Waals surface area contributed by atoms with Crippen LogP contribution in [-0.4, -0.2) is 40.1 Å². The topological polar surface area (TPSA) is 84.0 Å². The van der Waals surface area contributed by atoms with Gasteiger partial charge in [-0.2, -0.15) is 5.26 Å². The maximum absolute atomic E-state index is 13.2. The predicted octanol–water partition coefficient (Wildman–Crippen LogP) is 3.67. The number of carbonyl (C=O) groups is 1. The average molecular weight is 425 g/mol. The van der Waals surface area contributed by atoms with Gasteiger partial charge in [-0.1, -0.05) is 23.9 Å². The molecule has 0 N–H and O–H groups in total. The number of aromatic nitrogens is 3. The molecule has 7 nitrogen and oxygen atoms in total. The van der Waals surface area contributed by atoms with Crippen molar-refractivity contribution in [3.8, 4) is 23.2 Å². The fraction of sp³-hybridized carbons (Fsp3) is 0.238. The molecule has 1 heterocycles. The highest BCUT2D eigenvalue weighted by atomic mass is 32.2. The van der Waals surface area contributed by atoms with Crippen LogP contribution in [0.2, 0.25) is 0 Å². The zero-order chi connectivity index (χ0) is 21.5. The van der Waals surface area contributed by atoms with Crippen LogP contribution in [-0.2, 0) is 11.8 Å². The average Bonchev–Trinajstić information content (AvgIpc) is 3.14. The van der Waals surface area contributed by atoms with Gasteiger partial charge >= 0.3 is 0 Å². The summed E-state index contributed by atoms with van der Waals surface area (Å²) in [5.41, 5.74) is 1.40. The standard InChI is InChI=1S/C21H20FN5O2S/c1-26-20(15-5-3-6-18(13-15)29-2)24-25-21(26)30-14-19(28)27(12-4-11-23)17-9-7-16(22)8-10-17/h3,5-10,13H,4,12,14H2,1-2H3. The molecule has 1 amide bonds. The molecule has 3 rings (SSSR count). The Kier molecular flexibility index (Phi) is 7.03. The minimum absolute atomic E-state index is 0.104. The third kappa shape index (κ3) is 4.96. The number of anilines is 1. The highest BCUT2D eigenvalue weighted by molar-refractivity contribution is 7.99. The largest absolute Gasteiger partial charge is 0.497 e. The van der Waals surface area contributed by atoms with Gasteiger partial charge in [-0.05, 0) is 36.4 Å². The van der Waals surface area contributed by atoms with E-state index in [0.29, 0.717) is 22.4 Å². The number of halogens is 1. The van der Waals surface area contributed by atoms with Crippen molar-refractivity contribution in [1.29, 1.82) is 5.26 Å². The number of hydrogen-bond donors (Lipinski definition) is 0. The fourth-order valence-electron chi connectivity index (χ4n) is 2.84. The van der Waals surface area contributed by atoms with Crippen molar-refractivity contribution < 1.29 is 13.9 Å². The minimum Gasteiger partial charge on any atom is -0.497 e. The number of thioether (sulfide) groups is 1. The first kappa shape index (κ1) is 21.3. The summed E-state index contributed by atoms with van der Waals surface area (Å²) >= 11 is 1.25. The van der Waals surface area contributed by atoms with E-state index in [0.717, 1.165) is 5.56 Å². The zero-order valence-corrected chi connectivity index (χ0v) is 17.4. The van der Waals surface area contributed by atoms with Crippen LogP contribution in [0.3, 0.4) is 0 Å². The predicted molar refractivity (Wildman–Crippen MR) is 113 cm³/mol. The van der Waals surface area contributed by atoms with Crippen molar-refractivity contribution in [3.63, 3.8) is 0 Å². The van der Waals surface area contributed by atoms with Crippen molar-refractivity contribution in [2.45, 2.75) is 11.6 Å². The zero-order valence-electron chi connectivity index (χ0n) is 16.6. The van der Waals surface area contributed by atoms with Gasteiger partial charge in [-0.15, -0.1) is 10.2 Å². The number of amides is 1. The maximum atomic E-state index is 13.2. The molecule has 0 aliphatic heterocycles. The first-order chi connectivity index (χ1) is 14.5. The molecule has 0 radical (unpaired) electrons. The summed E-state index contributed by atoms with van der Waals surface area (Å²) in [4.78, 5) is 14.3. The minimum atomic E-state index is -0.384. The normalized spacial score (nSPS) is 10.5. The van der Waals surface area contributed by atoms with Crippen LogP contribution in [0.15, 0.2) is 53.7 Å². The molecule has 0 saturated carbocycles. The summed E-state index contributed by atoms with van der Waals surface area (Å²) in [6.45, 7) is 0.232. The molecule has 0 unspecified atom stereocenters. The SMILES string of the molecule is COc1cccc(-c2nnc(SCC(=O)N(CCC#N)c3ccc(F)cc3)n2C)c1. The lowest BCUT2D eigenvalue weighted by molar-refractivity contribution is -0.116. The molecule has 0 atom stereocenters. The Morgan fingerprint density at radius 2 is 2.03 bits per heavy atom. The fourth-order valence-corrected chi connectivity index (χ4v) is 3.63. The number of nitrogens with zero attached hydrogens (tertiary/aromatic N) is 5. The molecule has 0 bridgehead atoms. The molecule has 3 aromatic rings. The quantitative estimate of drug-likeness (QED) is 0.512. The summed E-state index contributed by atoms with van der Waals surface area (Å²) in [6.07, 6.45) is 0.178. The number of nitriles is 1. The molecular formula is C21H20FN5O2S. The van der Waals surface area contributed by atoms with E-state index < -0.39 is 0 Å². The van der Waals surface area contributed by atoms with E-state index in [1.54, 1.807) is 7.11 Å². The summed E-state index contributed by atoms with van der Waals surface area (Å²) in [7, 11) is 3.43. The van der Waals surface area contributed by atoms with Crippen molar-refractivity contribution >= 4 is 23.4 Å². The number of carbonyl (C=O) groups excluding carboxylic acids is 1. The van der Waals surface area contributed by atoms with Gasteiger partial charge in [-0.25, -0.2) is 4.39 Å². The van der Waals surface area contributed by atoms with Gasteiger partial charge in [0.25, 0.3) is 0 Å². The second-order valence-electron chi connectivity index (χ2n) is 6.32. The van der Waals surface area contributed by atoms with E-state index in [1.165, 1.54) is 40.9 Å². The monoisotopic (exact) mass is 425 g/mol. The van der Waals surface area contributed by atoms with Gasteiger partial charge in [0.1, 0.15) is 11.6 Å². The lowest BCUT2D eigenvalue weighted by Gasteiger charge is -2.21. The molecule has 2 aromatic carbocycles. The summed E-state index contributed by atoms with van der Waals surface area (Å²) < 4.78 is 20.3. The second kappa shape index (κ2) is 9.89. The molecule has 0 spiro atoms. The van der Waals surface area contributed by atoms with Gasteiger partial charge in [-0.3, -0.25) is 4.79 Å². The molecule has 0 fully saturated rings. The molecular weight excluding hydrogens is 405 g/mol. The summed E-state index contributed by atoms with van der Waals surface area (Å²) in [5.74, 6) is 0.890. The molecule has 0 saturated heterocycles.